The summed E-state index contributed by atoms with van der Waals surface area (Å²) in [7, 11) is -4.23. The molecule has 0 bridgehead atoms. The van der Waals surface area contributed by atoms with Crippen LogP contribution in [0.3, 0.4) is 0 Å². The molecule has 1 saturated carbocycles. The Labute approximate surface area is 253 Å². The molecule has 0 spiro atoms. The second-order valence-corrected chi connectivity index (χ2v) is 13.3. The Morgan fingerprint density at radius 3 is 2.27 bits per heavy atom. The molecule has 40 heavy (non-hydrogen) atoms. The Hall–Kier alpha value is -2.59. The summed E-state index contributed by atoms with van der Waals surface area (Å²) in [6.07, 6.45) is 3.89. The van der Waals surface area contributed by atoms with Crippen LogP contribution >= 0.6 is 39.1 Å². The summed E-state index contributed by atoms with van der Waals surface area (Å²) in [4.78, 5) is 28.7. The monoisotopic (exact) mass is 665 g/mol. The summed E-state index contributed by atoms with van der Waals surface area (Å²) in [5, 5.41) is 3.21. The molecule has 3 aromatic carbocycles. The molecule has 0 aromatic heterocycles. The number of carbonyl (C=O) groups is 2. The Bertz CT molecular complexity index is 1450. The van der Waals surface area contributed by atoms with Crippen molar-refractivity contribution in [3.63, 3.8) is 0 Å². The number of anilines is 1. The van der Waals surface area contributed by atoms with Crippen molar-refractivity contribution in [3.8, 4) is 0 Å². The zero-order valence-electron chi connectivity index (χ0n) is 21.9. The second kappa shape index (κ2) is 13.4. The van der Waals surface area contributed by atoms with Gasteiger partial charge < -0.3 is 10.2 Å². The number of nitrogens with zero attached hydrogens (tertiary/aromatic N) is 2. The first-order valence-electron chi connectivity index (χ1n) is 12.9. The lowest BCUT2D eigenvalue weighted by Gasteiger charge is -2.32. The van der Waals surface area contributed by atoms with Gasteiger partial charge in [0.1, 0.15) is 12.6 Å². The van der Waals surface area contributed by atoms with E-state index >= 15 is 0 Å². The molecule has 1 N–H and O–H groups in total. The molecular weight excluding hydrogens is 637 g/mol. The highest BCUT2D eigenvalue weighted by atomic mass is 79.9. The maximum Gasteiger partial charge on any atom is 0.264 e. The van der Waals surface area contributed by atoms with E-state index in [1.165, 1.54) is 29.2 Å². The highest BCUT2D eigenvalue weighted by Gasteiger charge is 2.34. The number of hydrogen-bond donors (Lipinski definition) is 1. The Balaban J connectivity index is 1.70. The van der Waals surface area contributed by atoms with Crippen LogP contribution < -0.4 is 9.62 Å². The van der Waals surface area contributed by atoms with Crippen molar-refractivity contribution in [1.29, 1.82) is 0 Å². The van der Waals surface area contributed by atoms with Crippen LogP contribution in [-0.2, 0) is 26.2 Å². The number of benzene rings is 3. The predicted molar refractivity (Wildman–Crippen MR) is 162 cm³/mol. The van der Waals surface area contributed by atoms with Crippen molar-refractivity contribution in [3.05, 3.63) is 92.9 Å². The maximum atomic E-state index is 14.0. The molecule has 11 heteroatoms. The fraction of sp³-hybridized carbons (Fsp3) is 0.310. The third-order valence-electron chi connectivity index (χ3n) is 6.95. The van der Waals surface area contributed by atoms with Crippen molar-refractivity contribution in [2.45, 2.75) is 56.1 Å². The van der Waals surface area contributed by atoms with E-state index in [1.807, 2.05) is 24.3 Å². The van der Waals surface area contributed by atoms with Gasteiger partial charge in [-0.05, 0) is 61.7 Å². The summed E-state index contributed by atoms with van der Waals surface area (Å²) in [5.41, 5.74) is 0.855. The van der Waals surface area contributed by atoms with Gasteiger partial charge in [-0.25, -0.2) is 8.42 Å². The predicted octanol–water partition coefficient (Wildman–Crippen LogP) is 6.43. The molecule has 0 aliphatic heterocycles. The van der Waals surface area contributed by atoms with Gasteiger partial charge in [-0.3, -0.25) is 13.9 Å². The lowest BCUT2D eigenvalue weighted by atomic mass is 10.1. The van der Waals surface area contributed by atoms with Crippen molar-refractivity contribution in [1.82, 2.24) is 10.2 Å². The van der Waals surface area contributed by atoms with Crippen LogP contribution in [0.5, 0.6) is 0 Å². The third-order valence-corrected chi connectivity index (χ3v) is 10.1. The minimum absolute atomic E-state index is 0.00274. The first kappa shape index (κ1) is 30.4. The SMILES string of the molecule is C[C@H](C(=O)NC1CCCC1)N(Cc1ccc(Br)cc1)C(=O)CN(c1cccc(Cl)c1Cl)S(=O)(=O)c1ccccc1. The summed E-state index contributed by atoms with van der Waals surface area (Å²) in [5.74, 6) is -0.844. The van der Waals surface area contributed by atoms with Gasteiger partial charge in [-0.15, -0.1) is 0 Å². The molecule has 2 amide bonds. The normalized spacial score (nSPS) is 14.5. The summed E-state index contributed by atoms with van der Waals surface area (Å²) in [6.45, 7) is 1.17. The third kappa shape index (κ3) is 7.18. The van der Waals surface area contributed by atoms with Crippen LogP contribution in [0.4, 0.5) is 5.69 Å². The van der Waals surface area contributed by atoms with Crippen molar-refractivity contribution in [2.75, 3.05) is 10.8 Å². The number of hydrogen-bond acceptors (Lipinski definition) is 4. The molecule has 7 nitrogen and oxygen atoms in total. The molecule has 0 saturated heterocycles. The van der Waals surface area contributed by atoms with Crippen LogP contribution in [0.1, 0.15) is 38.2 Å². The zero-order chi connectivity index (χ0) is 28.9. The van der Waals surface area contributed by atoms with E-state index < -0.39 is 28.5 Å². The van der Waals surface area contributed by atoms with Crippen molar-refractivity contribution < 1.29 is 18.0 Å². The molecule has 4 rings (SSSR count). The van der Waals surface area contributed by atoms with Crippen LogP contribution in [0.2, 0.25) is 10.0 Å². The summed E-state index contributed by atoms with van der Waals surface area (Å²) < 4.78 is 29.5. The average molecular weight is 667 g/mol. The van der Waals surface area contributed by atoms with Crippen LogP contribution in [-0.4, -0.2) is 43.8 Å². The fourth-order valence-electron chi connectivity index (χ4n) is 4.68. The van der Waals surface area contributed by atoms with E-state index in [4.69, 9.17) is 23.2 Å². The Morgan fingerprint density at radius 1 is 0.975 bits per heavy atom. The van der Waals surface area contributed by atoms with Gasteiger partial charge in [0.05, 0.1) is 20.6 Å². The lowest BCUT2D eigenvalue weighted by Crippen LogP contribution is -2.52. The Kier molecular flexibility index (Phi) is 10.2. The van der Waals surface area contributed by atoms with Crippen LogP contribution in [0.25, 0.3) is 0 Å². The highest BCUT2D eigenvalue weighted by molar-refractivity contribution is 9.10. The first-order valence-corrected chi connectivity index (χ1v) is 15.9. The molecule has 1 aliphatic carbocycles. The van der Waals surface area contributed by atoms with Gasteiger partial charge >= 0.3 is 0 Å². The number of halogens is 3. The molecule has 1 atom stereocenters. The number of nitrogens with one attached hydrogen (secondary N) is 1. The van der Waals surface area contributed by atoms with Gasteiger partial charge in [-0.1, -0.05) is 88.4 Å². The molecule has 0 radical (unpaired) electrons. The van der Waals surface area contributed by atoms with E-state index in [0.717, 1.165) is 40.0 Å². The standard InChI is InChI=1S/C29H30BrCl2N3O4S/c1-20(29(37)33-23-8-5-6-9-23)34(18-21-14-16-22(30)17-15-21)27(36)19-35(26-13-7-12-25(31)28(26)32)40(38,39)24-10-3-2-4-11-24/h2-4,7,10-17,20,23H,5-6,8-9,18-19H2,1H3,(H,33,37)/t20-/m1/s1. The van der Waals surface area contributed by atoms with E-state index in [2.05, 4.69) is 21.2 Å². The lowest BCUT2D eigenvalue weighted by molar-refractivity contribution is -0.139. The number of amides is 2. The summed E-state index contributed by atoms with van der Waals surface area (Å²) >= 11 is 16.1. The quantitative estimate of drug-likeness (QED) is 0.270. The zero-order valence-corrected chi connectivity index (χ0v) is 25.8. The van der Waals surface area contributed by atoms with E-state index in [0.29, 0.717) is 0 Å². The number of carbonyl (C=O) groups excluding carboxylic acids is 2. The average Bonchev–Trinajstić information content (AvgIpc) is 3.46. The number of sulfonamides is 1. The minimum atomic E-state index is -4.23. The Morgan fingerprint density at radius 2 is 1.62 bits per heavy atom. The molecule has 1 fully saturated rings. The van der Waals surface area contributed by atoms with Crippen LogP contribution in [0.15, 0.2) is 82.2 Å². The van der Waals surface area contributed by atoms with Gasteiger partial charge in [0.25, 0.3) is 10.0 Å². The molecule has 212 valence electrons. The van der Waals surface area contributed by atoms with Crippen molar-refractivity contribution >= 4 is 66.7 Å². The maximum absolute atomic E-state index is 14.0. The van der Waals surface area contributed by atoms with Crippen molar-refractivity contribution in [2.24, 2.45) is 0 Å². The van der Waals surface area contributed by atoms with Gasteiger partial charge in [-0.2, -0.15) is 0 Å². The van der Waals surface area contributed by atoms with E-state index in [-0.39, 0.29) is 39.1 Å². The molecule has 1 aliphatic rings. The topological polar surface area (TPSA) is 86.8 Å². The van der Waals surface area contributed by atoms with Crippen LogP contribution in [0, 0.1) is 0 Å². The smallest absolute Gasteiger partial charge is 0.264 e. The number of rotatable bonds is 10. The second-order valence-electron chi connectivity index (χ2n) is 9.71. The molecular formula is C29H30BrCl2N3O4S. The molecule has 3 aromatic rings. The fourth-order valence-corrected chi connectivity index (χ4v) is 6.84. The largest absolute Gasteiger partial charge is 0.352 e. The van der Waals surface area contributed by atoms with E-state index in [9.17, 15) is 18.0 Å². The van der Waals surface area contributed by atoms with Gasteiger partial charge in [0, 0.05) is 17.1 Å². The first-order chi connectivity index (χ1) is 19.1. The molecule has 0 unspecified atom stereocenters. The molecule has 0 heterocycles. The summed E-state index contributed by atoms with van der Waals surface area (Å²) in [6, 6.07) is 19.0. The van der Waals surface area contributed by atoms with Gasteiger partial charge in [0.15, 0.2) is 0 Å². The highest BCUT2D eigenvalue weighted by Crippen LogP contribution is 2.35. The van der Waals surface area contributed by atoms with Gasteiger partial charge in [0.2, 0.25) is 11.8 Å². The minimum Gasteiger partial charge on any atom is -0.352 e. The van der Waals surface area contributed by atoms with E-state index in [1.54, 1.807) is 31.2 Å².